The molecule has 0 saturated carbocycles. The van der Waals surface area contributed by atoms with Crippen LogP contribution in [-0.4, -0.2) is 40.7 Å². The molecule has 0 aliphatic carbocycles. The van der Waals surface area contributed by atoms with E-state index in [1.165, 1.54) is 6.92 Å². The van der Waals surface area contributed by atoms with Crippen molar-refractivity contribution in [2.45, 2.75) is 12.4 Å². The van der Waals surface area contributed by atoms with E-state index < -0.39 is 43.9 Å². The maximum atomic E-state index is 11.9. The lowest BCUT2D eigenvalue weighted by molar-refractivity contribution is -0.264. The van der Waals surface area contributed by atoms with Crippen molar-refractivity contribution in [2.75, 3.05) is 12.4 Å². The molecule has 13 heteroatoms. The molecule has 0 aromatic rings. The minimum Gasteiger partial charge on any atom is -0.293 e. The molecule has 0 radical (unpaired) electrons. The fraction of sp³-hybridized carbons (Fsp3) is 0.571. The number of sulfonamides is 2. The zero-order valence-corrected chi connectivity index (χ0v) is 11.6. The molecule has 0 unspecified atom stereocenters. The van der Waals surface area contributed by atoms with Crippen molar-refractivity contribution in [1.29, 1.82) is 0 Å². The van der Waals surface area contributed by atoms with E-state index in [0.29, 0.717) is 4.13 Å². The third kappa shape index (κ3) is 6.31. The average Bonchev–Trinajstić information content (AvgIpc) is 2.20. The van der Waals surface area contributed by atoms with Gasteiger partial charge in [-0.15, -0.1) is 4.13 Å². The van der Waals surface area contributed by atoms with Gasteiger partial charge in [0, 0.05) is 5.57 Å². The van der Waals surface area contributed by atoms with E-state index in [9.17, 15) is 34.8 Å². The van der Waals surface area contributed by atoms with Crippen LogP contribution < -0.4 is 4.13 Å². The smallest absolute Gasteiger partial charge is 0.293 e. The maximum absolute atomic E-state index is 11.9. The number of rotatable bonds is 7. The lowest BCUT2D eigenvalue weighted by atomic mass is 10.4. The van der Waals surface area contributed by atoms with Crippen LogP contribution in [0.4, 0.5) is 13.2 Å². The highest BCUT2D eigenvalue weighted by Gasteiger charge is 2.48. The molecule has 0 saturated heterocycles. The van der Waals surface area contributed by atoms with Crippen LogP contribution in [0.1, 0.15) is 6.92 Å². The SMILES string of the molecule is C=C(C)C(=O)OOCCS(=O)(=O)NS(=O)(=O)C(F)(F)F. The summed E-state index contributed by atoms with van der Waals surface area (Å²) in [5, 5.41) is 0. The van der Waals surface area contributed by atoms with Crippen LogP contribution in [0.3, 0.4) is 0 Å². The highest BCUT2D eigenvalue weighted by molar-refractivity contribution is 8.05. The summed E-state index contributed by atoms with van der Waals surface area (Å²) in [5.41, 5.74) is -5.83. The van der Waals surface area contributed by atoms with Crippen LogP contribution in [-0.2, 0) is 34.6 Å². The van der Waals surface area contributed by atoms with Gasteiger partial charge in [-0.2, -0.15) is 18.1 Å². The molecule has 0 rings (SSSR count). The van der Waals surface area contributed by atoms with E-state index >= 15 is 0 Å². The Balaban J connectivity index is 4.44. The second-order valence-electron chi connectivity index (χ2n) is 3.32. The summed E-state index contributed by atoms with van der Waals surface area (Å²) in [6.07, 6.45) is 0. The van der Waals surface area contributed by atoms with Crippen molar-refractivity contribution in [2.24, 2.45) is 0 Å². The molecule has 0 aromatic carbocycles. The Morgan fingerprint density at radius 3 is 2.15 bits per heavy atom. The van der Waals surface area contributed by atoms with Gasteiger partial charge >= 0.3 is 21.5 Å². The summed E-state index contributed by atoms with van der Waals surface area (Å²) in [7, 11) is -10.9. The van der Waals surface area contributed by atoms with E-state index in [-0.39, 0.29) is 5.57 Å². The number of carbonyl (C=O) groups is 1. The van der Waals surface area contributed by atoms with Gasteiger partial charge in [0.25, 0.3) is 0 Å². The minimum atomic E-state index is -6.04. The average molecular weight is 341 g/mol. The quantitative estimate of drug-likeness (QED) is 0.295. The fourth-order valence-corrected chi connectivity index (χ4v) is 2.90. The second-order valence-corrected chi connectivity index (χ2v) is 7.10. The van der Waals surface area contributed by atoms with Gasteiger partial charge in [0.15, 0.2) is 0 Å². The summed E-state index contributed by atoms with van der Waals surface area (Å²) in [4.78, 5) is 18.9. The molecule has 20 heavy (non-hydrogen) atoms. The zero-order chi connectivity index (χ0) is 16.2. The molecule has 0 bridgehead atoms. The maximum Gasteiger partial charge on any atom is 0.512 e. The Morgan fingerprint density at radius 2 is 1.75 bits per heavy atom. The molecular formula is C7H10F3NO7S2. The van der Waals surface area contributed by atoms with Crippen LogP contribution in [0.2, 0.25) is 0 Å². The van der Waals surface area contributed by atoms with Crippen molar-refractivity contribution in [3.63, 3.8) is 0 Å². The number of hydrogen-bond donors (Lipinski definition) is 1. The summed E-state index contributed by atoms with van der Waals surface area (Å²) >= 11 is 0. The van der Waals surface area contributed by atoms with Gasteiger partial charge in [-0.25, -0.2) is 21.6 Å². The molecule has 0 aromatic heterocycles. The standard InChI is InChI=1S/C7H10F3NO7S2/c1-5(2)6(12)18-17-3-4-19(13,14)11-20(15,16)7(8,9)10/h11H,1,3-4H2,2H3. The van der Waals surface area contributed by atoms with Gasteiger partial charge in [0.1, 0.15) is 6.61 Å². The van der Waals surface area contributed by atoms with Crippen molar-refractivity contribution in [1.82, 2.24) is 4.13 Å². The van der Waals surface area contributed by atoms with Crippen LogP contribution in [0, 0.1) is 0 Å². The topological polar surface area (TPSA) is 116 Å². The first kappa shape index (κ1) is 18.8. The molecule has 8 nitrogen and oxygen atoms in total. The van der Waals surface area contributed by atoms with Crippen LogP contribution in [0.15, 0.2) is 12.2 Å². The third-order valence-corrected chi connectivity index (χ3v) is 4.67. The Morgan fingerprint density at radius 1 is 1.25 bits per heavy atom. The van der Waals surface area contributed by atoms with Crippen molar-refractivity contribution in [3.8, 4) is 0 Å². The third-order valence-electron chi connectivity index (χ3n) is 1.46. The minimum absolute atomic E-state index is 0.0642. The van der Waals surface area contributed by atoms with E-state index in [1.807, 2.05) is 0 Å². The molecule has 118 valence electrons. The largest absolute Gasteiger partial charge is 0.512 e. The van der Waals surface area contributed by atoms with E-state index in [0.717, 1.165) is 0 Å². The van der Waals surface area contributed by atoms with Crippen molar-refractivity contribution >= 4 is 26.0 Å². The summed E-state index contributed by atoms with van der Waals surface area (Å²) in [5.74, 6) is -2.19. The van der Waals surface area contributed by atoms with Gasteiger partial charge in [-0.05, 0) is 6.92 Å². The molecule has 0 atom stereocenters. The first-order valence-corrected chi connectivity index (χ1v) is 7.74. The number of nitrogens with one attached hydrogen (secondary N) is 1. The molecule has 1 N–H and O–H groups in total. The number of halogens is 3. The second kappa shape index (κ2) is 6.51. The van der Waals surface area contributed by atoms with Gasteiger partial charge in [-0.3, -0.25) is 4.89 Å². The van der Waals surface area contributed by atoms with Gasteiger partial charge in [0.2, 0.25) is 10.0 Å². The lowest BCUT2D eigenvalue weighted by Crippen LogP contribution is -2.41. The normalized spacial score (nSPS) is 13.0. The Kier molecular flexibility index (Phi) is 6.13. The molecule has 0 spiro atoms. The summed E-state index contributed by atoms with van der Waals surface area (Å²) < 4.78 is 79.4. The Bertz CT molecular complexity index is 578. The fourth-order valence-electron chi connectivity index (χ4n) is 0.566. The molecule has 0 amide bonds. The highest BCUT2D eigenvalue weighted by atomic mass is 32.3. The predicted molar refractivity (Wildman–Crippen MR) is 58.8 cm³/mol. The number of carbonyl (C=O) groups excluding carboxylic acids is 1. The molecular weight excluding hydrogens is 331 g/mol. The summed E-state index contributed by atoms with van der Waals surface area (Å²) in [6, 6.07) is 0. The Hall–Kier alpha value is -1.18. The molecule has 0 fully saturated rings. The van der Waals surface area contributed by atoms with E-state index in [1.54, 1.807) is 0 Å². The molecule has 0 aliphatic heterocycles. The number of alkyl halides is 3. The van der Waals surface area contributed by atoms with Crippen molar-refractivity contribution < 1.29 is 44.6 Å². The lowest BCUT2D eigenvalue weighted by Gasteiger charge is -2.09. The monoisotopic (exact) mass is 341 g/mol. The van der Waals surface area contributed by atoms with Gasteiger partial charge in [0.05, 0.1) is 5.75 Å². The Labute approximate surface area is 112 Å². The van der Waals surface area contributed by atoms with Crippen LogP contribution in [0.5, 0.6) is 0 Å². The molecule has 0 aliphatic rings. The highest BCUT2D eigenvalue weighted by Crippen LogP contribution is 2.22. The van der Waals surface area contributed by atoms with Crippen LogP contribution >= 0.6 is 0 Å². The van der Waals surface area contributed by atoms with Crippen molar-refractivity contribution in [3.05, 3.63) is 12.2 Å². The van der Waals surface area contributed by atoms with Gasteiger partial charge in [-0.1, -0.05) is 6.58 Å². The van der Waals surface area contributed by atoms with Crippen LogP contribution in [0.25, 0.3) is 0 Å². The first-order chi connectivity index (χ1) is 8.78. The number of hydrogen-bond acceptors (Lipinski definition) is 7. The summed E-state index contributed by atoms with van der Waals surface area (Å²) in [6.45, 7) is 3.56. The van der Waals surface area contributed by atoms with E-state index in [2.05, 4.69) is 16.4 Å². The van der Waals surface area contributed by atoms with Gasteiger partial charge < -0.3 is 0 Å². The predicted octanol–water partition coefficient (Wildman–Crippen LogP) is -0.194. The van der Waals surface area contributed by atoms with E-state index in [4.69, 9.17) is 0 Å². The zero-order valence-electron chi connectivity index (χ0n) is 9.93. The molecule has 0 heterocycles. The first-order valence-electron chi connectivity index (χ1n) is 4.60.